The van der Waals surface area contributed by atoms with Gasteiger partial charge < -0.3 is 10.0 Å². The minimum Gasteiger partial charge on any atom is -0.329 e. The van der Waals surface area contributed by atoms with Crippen LogP contribution in [0, 0.1) is 11.3 Å². The maximum Gasteiger partial charge on any atom is 0.257 e. The van der Waals surface area contributed by atoms with Gasteiger partial charge in [0.1, 0.15) is 0 Å². The van der Waals surface area contributed by atoms with Crippen LogP contribution in [0.3, 0.4) is 0 Å². The lowest BCUT2D eigenvalue weighted by molar-refractivity contribution is 0.0965. The number of benzene rings is 2. The van der Waals surface area contributed by atoms with Crippen LogP contribution in [0.2, 0.25) is 0 Å². The van der Waals surface area contributed by atoms with Gasteiger partial charge in [0.2, 0.25) is 0 Å². The zero-order valence-electron chi connectivity index (χ0n) is 16.0. The number of allylic oxidation sites excluding steroid dienone is 1. The highest BCUT2D eigenvalue weighted by atomic mass is 32.2. The fourth-order valence-corrected chi connectivity index (χ4v) is 2.92. The highest BCUT2D eigenvalue weighted by Crippen LogP contribution is 2.28. The number of rotatable bonds is 7. The van der Waals surface area contributed by atoms with Crippen molar-refractivity contribution < 1.29 is 4.79 Å². The van der Waals surface area contributed by atoms with E-state index in [9.17, 15) is 4.79 Å². The van der Waals surface area contributed by atoms with Gasteiger partial charge in [-0.1, -0.05) is 36.9 Å². The number of nitrogens with zero attached hydrogens (tertiary/aromatic N) is 1. The fourth-order valence-electron chi connectivity index (χ4n) is 2.33. The van der Waals surface area contributed by atoms with E-state index in [-0.39, 0.29) is 10.7 Å². The lowest BCUT2D eigenvalue weighted by Gasteiger charge is -2.20. The van der Waals surface area contributed by atoms with E-state index in [0.717, 1.165) is 6.42 Å². The maximum absolute atomic E-state index is 12.7. The van der Waals surface area contributed by atoms with Crippen LogP contribution in [-0.2, 0) is 6.42 Å². The summed E-state index contributed by atoms with van der Waals surface area (Å²) in [6.07, 6.45) is 1.49. The largest absolute Gasteiger partial charge is 0.329 e. The molecule has 0 bridgehead atoms. The quantitative estimate of drug-likeness (QED) is 0.641. The molecule has 2 aromatic rings. The van der Waals surface area contributed by atoms with Gasteiger partial charge in [0.25, 0.3) is 5.91 Å². The highest BCUT2D eigenvalue weighted by Gasteiger charge is 2.16. The van der Waals surface area contributed by atoms with Gasteiger partial charge in [-0.05, 0) is 69.3 Å². The van der Waals surface area contributed by atoms with Gasteiger partial charge in [0, 0.05) is 10.4 Å². The Balaban J connectivity index is 2.05. The molecule has 0 aromatic heterocycles. The van der Waals surface area contributed by atoms with Crippen molar-refractivity contribution in [1.29, 1.82) is 5.26 Å². The fraction of sp³-hybridized carbons (Fsp3) is 0.273. The van der Waals surface area contributed by atoms with Gasteiger partial charge in [-0.2, -0.15) is 5.26 Å². The molecule has 0 spiro atoms. The summed E-state index contributed by atoms with van der Waals surface area (Å²) in [4.78, 5) is 12.7. The molecule has 2 rings (SSSR count). The second kappa shape index (κ2) is 9.29. The average molecular weight is 380 g/mol. The van der Waals surface area contributed by atoms with Crippen LogP contribution >= 0.6 is 11.9 Å². The molecule has 0 heterocycles. The third-order valence-electron chi connectivity index (χ3n) is 3.71. The van der Waals surface area contributed by atoms with E-state index in [4.69, 9.17) is 5.26 Å². The average Bonchev–Trinajstić information content (AvgIpc) is 2.64. The predicted octanol–water partition coefficient (Wildman–Crippen LogP) is 5.29. The molecule has 0 atom stereocenters. The molecule has 0 aliphatic rings. The lowest BCUT2D eigenvalue weighted by atomic mass is 10.1. The molecular formula is C22H25N3OS. The minimum atomic E-state index is -0.227. The number of anilines is 1. The van der Waals surface area contributed by atoms with E-state index in [1.165, 1.54) is 17.5 Å². The Kier molecular flexibility index (Phi) is 7.09. The van der Waals surface area contributed by atoms with Crippen molar-refractivity contribution in [2.75, 3.05) is 4.72 Å². The SMILES string of the molecule is C=C(CCc1ccccc1)NC(=O)c1ccc(C#N)cc1NSC(C)(C)C. The zero-order chi connectivity index (χ0) is 19.9. The van der Waals surface area contributed by atoms with Crippen molar-refractivity contribution in [3.8, 4) is 6.07 Å². The number of aryl methyl sites for hydroxylation is 1. The van der Waals surface area contributed by atoms with Crippen molar-refractivity contribution in [3.05, 3.63) is 77.5 Å². The molecule has 0 radical (unpaired) electrons. The second-order valence-electron chi connectivity index (χ2n) is 7.23. The molecule has 0 saturated heterocycles. The first-order valence-electron chi connectivity index (χ1n) is 8.80. The Hall–Kier alpha value is -2.71. The summed E-state index contributed by atoms with van der Waals surface area (Å²) in [7, 11) is 0. The monoisotopic (exact) mass is 379 g/mol. The van der Waals surface area contributed by atoms with Crippen LogP contribution in [0.25, 0.3) is 0 Å². The standard InChI is InChI=1S/C22H25N3OS/c1-16(10-11-17-8-6-5-7-9-17)24-21(26)19-13-12-18(15-23)14-20(19)25-27-22(2,3)4/h5-9,12-14,25H,1,10-11H2,2-4H3,(H,24,26). The van der Waals surface area contributed by atoms with Gasteiger partial charge in [-0.15, -0.1) is 0 Å². The summed E-state index contributed by atoms with van der Waals surface area (Å²) in [5.74, 6) is -0.227. The molecule has 0 fully saturated rings. The summed E-state index contributed by atoms with van der Waals surface area (Å²) in [6, 6.07) is 17.2. The van der Waals surface area contributed by atoms with E-state index < -0.39 is 0 Å². The second-order valence-corrected chi connectivity index (χ2v) is 8.86. The summed E-state index contributed by atoms with van der Waals surface area (Å²) >= 11 is 1.50. The van der Waals surface area contributed by atoms with E-state index in [1.807, 2.05) is 18.2 Å². The van der Waals surface area contributed by atoms with Crippen molar-refractivity contribution in [2.45, 2.75) is 38.4 Å². The van der Waals surface area contributed by atoms with Crippen molar-refractivity contribution in [3.63, 3.8) is 0 Å². The van der Waals surface area contributed by atoms with Gasteiger partial charge >= 0.3 is 0 Å². The van der Waals surface area contributed by atoms with E-state index in [2.05, 4.69) is 55.6 Å². The molecule has 140 valence electrons. The van der Waals surface area contributed by atoms with Crippen LogP contribution in [0.5, 0.6) is 0 Å². The van der Waals surface area contributed by atoms with Gasteiger partial charge in [0.15, 0.2) is 0 Å². The van der Waals surface area contributed by atoms with E-state index >= 15 is 0 Å². The normalized spacial score (nSPS) is 10.7. The van der Waals surface area contributed by atoms with Crippen molar-refractivity contribution >= 4 is 23.5 Å². The third kappa shape index (κ3) is 6.84. The molecule has 0 saturated carbocycles. The smallest absolute Gasteiger partial charge is 0.257 e. The Morgan fingerprint density at radius 2 is 1.89 bits per heavy atom. The molecule has 5 heteroatoms. The first kappa shape index (κ1) is 20.6. The number of nitrogens with one attached hydrogen (secondary N) is 2. The predicted molar refractivity (Wildman–Crippen MR) is 113 cm³/mol. The third-order valence-corrected chi connectivity index (χ3v) is 4.64. The Labute approximate surface area is 165 Å². The molecule has 27 heavy (non-hydrogen) atoms. The summed E-state index contributed by atoms with van der Waals surface area (Å²) < 4.78 is 3.18. The van der Waals surface area contributed by atoms with Gasteiger partial charge in [-0.3, -0.25) is 4.79 Å². The number of nitriles is 1. The van der Waals surface area contributed by atoms with Crippen LogP contribution < -0.4 is 10.0 Å². The van der Waals surface area contributed by atoms with E-state index in [1.54, 1.807) is 18.2 Å². The maximum atomic E-state index is 12.7. The van der Waals surface area contributed by atoms with Crippen molar-refractivity contribution in [1.82, 2.24) is 5.32 Å². The summed E-state index contributed by atoms with van der Waals surface area (Å²) in [6.45, 7) is 10.2. The highest BCUT2D eigenvalue weighted by molar-refractivity contribution is 8.01. The zero-order valence-corrected chi connectivity index (χ0v) is 16.8. The first-order chi connectivity index (χ1) is 12.8. The Bertz CT molecular complexity index is 848. The summed E-state index contributed by atoms with van der Waals surface area (Å²) in [5.41, 5.74) is 3.50. The number of carbonyl (C=O) groups excluding carboxylic acids is 1. The minimum absolute atomic E-state index is 0.0321. The van der Waals surface area contributed by atoms with E-state index in [0.29, 0.717) is 28.9 Å². The lowest BCUT2D eigenvalue weighted by Crippen LogP contribution is -2.23. The molecule has 1 amide bonds. The molecule has 4 nitrogen and oxygen atoms in total. The number of hydrogen-bond acceptors (Lipinski definition) is 4. The first-order valence-corrected chi connectivity index (χ1v) is 9.61. The number of carbonyl (C=O) groups is 1. The molecule has 2 N–H and O–H groups in total. The van der Waals surface area contributed by atoms with Gasteiger partial charge in [-0.25, -0.2) is 0 Å². The number of amides is 1. The Morgan fingerprint density at radius 1 is 1.19 bits per heavy atom. The molecule has 2 aromatic carbocycles. The van der Waals surface area contributed by atoms with Crippen LogP contribution in [-0.4, -0.2) is 10.7 Å². The molecule has 0 unspecified atom stereocenters. The van der Waals surface area contributed by atoms with Crippen LogP contribution in [0.1, 0.15) is 48.7 Å². The molecule has 0 aliphatic carbocycles. The Morgan fingerprint density at radius 3 is 2.52 bits per heavy atom. The van der Waals surface area contributed by atoms with Crippen LogP contribution in [0.4, 0.5) is 5.69 Å². The molecular weight excluding hydrogens is 354 g/mol. The number of hydrogen-bond donors (Lipinski definition) is 2. The summed E-state index contributed by atoms with van der Waals surface area (Å²) in [5, 5.41) is 12.0. The van der Waals surface area contributed by atoms with Gasteiger partial charge in [0.05, 0.1) is 22.9 Å². The topological polar surface area (TPSA) is 64.9 Å². The van der Waals surface area contributed by atoms with Crippen LogP contribution in [0.15, 0.2) is 60.8 Å². The molecule has 0 aliphatic heterocycles. The van der Waals surface area contributed by atoms with Crippen molar-refractivity contribution in [2.24, 2.45) is 0 Å².